The summed E-state index contributed by atoms with van der Waals surface area (Å²) in [7, 11) is 0. The number of nitrogens with one attached hydrogen (secondary N) is 1. The van der Waals surface area contributed by atoms with Gasteiger partial charge >= 0.3 is 11.9 Å². The van der Waals surface area contributed by atoms with Crippen LogP contribution in [0.25, 0.3) is 0 Å². The van der Waals surface area contributed by atoms with Crippen LogP contribution >= 0.6 is 0 Å². The summed E-state index contributed by atoms with van der Waals surface area (Å²) >= 11 is -2.41. The first-order valence-electron chi connectivity index (χ1n) is 6.62. The minimum atomic E-state index is -4.92. The molecule has 1 aromatic rings. The van der Waals surface area contributed by atoms with Crippen LogP contribution in [0.4, 0.5) is 22.0 Å². The van der Waals surface area contributed by atoms with Gasteiger partial charge in [-0.3, -0.25) is 0 Å². The monoisotopic (exact) mass is 373 g/mol. The third-order valence-electron chi connectivity index (χ3n) is 3.24. The van der Waals surface area contributed by atoms with Crippen LogP contribution in [-0.4, -0.2) is 33.0 Å². The van der Waals surface area contributed by atoms with Gasteiger partial charge in [-0.15, -0.1) is 4.72 Å². The summed E-state index contributed by atoms with van der Waals surface area (Å²) in [6.45, 7) is 1.90. The Morgan fingerprint density at radius 1 is 1.29 bits per heavy atom. The van der Waals surface area contributed by atoms with E-state index in [0.29, 0.717) is 12.1 Å². The number of benzene rings is 1. The zero-order valence-electron chi connectivity index (χ0n) is 13.0. The molecule has 10 heteroatoms. The highest BCUT2D eigenvalue weighted by Crippen LogP contribution is 2.41. The lowest BCUT2D eigenvalue weighted by Crippen LogP contribution is -2.64. The van der Waals surface area contributed by atoms with Gasteiger partial charge in [-0.25, -0.2) is 18.0 Å². The van der Waals surface area contributed by atoms with Crippen LogP contribution in [0.15, 0.2) is 18.2 Å². The number of carboxylic acids is 1. The largest absolute Gasteiger partial charge is 0.598 e. The Morgan fingerprint density at radius 3 is 2.25 bits per heavy atom. The van der Waals surface area contributed by atoms with Gasteiger partial charge in [0.2, 0.25) is 0 Å². The van der Waals surface area contributed by atoms with Gasteiger partial charge in [-0.1, -0.05) is 12.1 Å². The van der Waals surface area contributed by atoms with Gasteiger partial charge in [0, 0.05) is 16.9 Å². The van der Waals surface area contributed by atoms with Crippen LogP contribution < -0.4 is 4.72 Å². The lowest BCUT2D eigenvalue weighted by Gasteiger charge is -2.38. The van der Waals surface area contributed by atoms with Crippen LogP contribution in [0.1, 0.15) is 26.3 Å². The molecule has 0 spiro atoms. The number of carboxylic acid groups (broad SMARTS) is 1. The second-order valence-electron chi connectivity index (χ2n) is 6.00. The molecule has 0 amide bonds. The highest BCUT2D eigenvalue weighted by Gasteiger charge is 2.65. The fraction of sp³-hybridized carbons (Fsp3) is 0.500. The molecule has 0 aliphatic carbocycles. The van der Waals surface area contributed by atoms with Crippen molar-refractivity contribution in [1.82, 2.24) is 4.72 Å². The molecule has 0 saturated carbocycles. The van der Waals surface area contributed by atoms with Gasteiger partial charge in [-0.05, 0) is 26.8 Å². The first-order valence-corrected chi connectivity index (χ1v) is 7.77. The highest BCUT2D eigenvalue weighted by atomic mass is 32.2. The van der Waals surface area contributed by atoms with E-state index in [1.54, 1.807) is 4.72 Å². The molecule has 4 nitrogen and oxygen atoms in total. The van der Waals surface area contributed by atoms with Gasteiger partial charge < -0.3 is 9.66 Å². The molecule has 0 aromatic heterocycles. The van der Waals surface area contributed by atoms with Crippen LogP contribution in [0, 0.1) is 11.6 Å². The van der Waals surface area contributed by atoms with E-state index in [1.807, 2.05) is 0 Å². The quantitative estimate of drug-likeness (QED) is 0.594. The van der Waals surface area contributed by atoms with Crippen LogP contribution in [-0.2, 0) is 21.7 Å². The number of aliphatic carboxylic acids is 1. The van der Waals surface area contributed by atoms with Crippen molar-refractivity contribution in [1.29, 1.82) is 0 Å². The molecular weight excluding hydrogens is 357 g/mol. The predicted molar refractivity (Wildman–Crippen MR) is 77.6 cm³/mol. The molecule has 0 heterocycles. The van der Waals surface area contributed by atoms with E-state index < -0.39 is 57.4 Å². The van der Waals surface area contributed by atoms with Crippen molar-refractivity contribution in [2.45, 2.75) is 37.0 Å². The summed E-state index contributed by atoms with van der Waals surface area (Å²) in [6.07, 6.45) is 0. The Hall–Kier alpha value is -1.39. The molecule has 24 heavy (non-hydrogen) atoms. The second kappa shape index (κ2) is 6.85. The van der Waals surface area contributed by atoms with E-state index in [4.69, 9.17) is 5.11 Å². The molecule has 0 aliphatic heterocycles. The van der Waals surface area contributed by atoms with Crippen LogP contribution in [0.5, 0.6) is 0 Å². The standard InChI is InChI=1S/C14H16F5NO3S/c1-12(2,3)24(23)20-13(7-15,14(18,19)11(21)22)8-5-4-6-9(16)10(8)17/h4-6,20H,7H2,1-3H3,(H,21,22)/t13-,24?/m1/s1. The summed E-state index contributed by atoms with van der Waals surface area (Å²) in [5.41, 5.74) is -4.82. The number of hydrogen-bond acceptors (Lipinski definition) is 3. The minimum Gasteiger partial charge on any atom is -0.598 e. The number of alkyl halides is 3. The lowest BCUT2D eigenvalue weighted by molar-refractivity contribution is -0.180. The van der Waals surface area contributed by atoms with E-state index in [9.17, 15) is 31.3 Å². The molecular formula is C14H16F5NO3S. The third-order valence-corrected chi connectivity index (χ3v) is 4.89. The van der Waals surface area contributed by atoms with E-state index >= 15 is 0 Å². The maximum atomic E-state index is 14.3. The number of rotatable bonds is 6. The number of halogens is 5. The lowest BCUT2D eigenvalue weighted by atomic mass is 9.85. The zero-order chi connectivity index (χ0) is 18.9. The van der Waals surface area contributed by atoms with Gasteiger partial charge in [0.1, 0.15) is 11.4 Å². The molecule has 1 aromatic carbocycles. The Bertz CT molecular complexity index is 623. The number of hydrogen-bond donors (Lipinski definition) is 2. The summed E-state index contributed by atoms with van der Waals surface area (Å²) in [4.78, 5) is 11.0. The number of carbonyl (C=O) groups is 1. The van der Waals surface area contributed by atoms with Crippen molar-refractivity contribution in [3.8, 4) is 0 Å². The summed E-state index contributed by atoms with van der Waals surface area (Å²) < 4.78 is 82.3. The van der Waals surface area contributed by atoms with Gasteiger partial charge in [-0.2, -0.15) is 8.78 Å². The average Bonchev–Trinajstić information content (AvgIpc) is 2.46. The van der Waals surface area contributed by atoms with E-state index in [2.05, 4.69) is 0 Å². The molecule has 0 aliphatic rings. The fourth-order valence-electron chi connectivity index (χ4n) is 1.80. The molecule has 1 rings (SSSR count). The minimum absolute atomic E-state index is 0.599. The van der Waals surface area contributed by atoms with E-state index in [-0.39, 0.29) is 0 Å². The first-order chi connectivity index (χ1) is 10.8. The van der Waals surface area contributed by atoms with Crippen molar-refractivity contribution in [3.05, 3.63) is 35.4 Å². The fourth-order valence-corrected chi connectivity index (χ4v) is 2.71. The molecule has 1 unspecified atom stereocenters. The van der Waals surface area contributed by atoms with Gasteiger partial charge in [0.25, 0.3) is 0 Å². The van der Waals surface area contributed by atoms with Crippen LogP contribution in [0.2, 0.25) is 0 Å². The summed E-state index contributed by atoms with van der Waals surface area (Å²) in [5.74, 6) is -11.1. The Balaban J connectivity index is 3.68. The molecule has 0 fully saturated rings. The van der Waals surface area contributed by atoms with E-state index in [0.717, 1.165) is 6.07 Å². The summed E-state index contributed by atoms with van der Waals surface area (Å²) in [6, 6.07) is 2.03. The first kappa shape index (κ1) is 20.7. The third kappa shape index (κ3) is 3.50. The van der Waals surface area contributed by atoms with Crippen molar-refractivity contribution < 1.29 is 36.4 Å². The Morgan fingerprint density at radius 2 is 1.83 bits per heavy atom. The molecule has 2 atom stereocenters. The maximum absolute atomic E-state index is 14.3. The smallest absolute Gasteiger partial charge is 0.377 e. The predicted octanol–water partition coefficient (Wildman–Crippen LogP) is 2.90. The molecule has 0 saturated heterocycles. The average molecular weight is 373 g/mol. The molecule has 0 radical (unpaired) electrons. The molecule has 136 valence electrons. The maximum Gasteiger partial charge on any atom is 0.377 e. The van der Waals surface area contributed by atoms with Crippen molar-refractivity contribution in [2.24, 2.45) is 0 Å². The topological polar surface area (TPSA) is 72.4 Å². The van der Waals surface area contributed by atoms with Gasteiger partial charge in [0.05, 0.1) is 0 Å². The molecule has 2 N–H and O–H groups in total. The summed E-state index contributed by atoms with van der Waals surface area (Å²) in [5, 5.41) is 8.77. The second-order valence-corrected chi connectivity index (χ2v) is 7.97. The zero-order valence-corrected chi connectivity index (χ0v) is 13.8. The Kier molecular flexibility index (Phi) is 5.89. The Labute approximate surface area is 138 Å². The van der Waals surface area contributed by atoms with Crippen molar-refractivity contribution >= 4 is 17.3 Å². The normalized spacial score (nSPS) is 16.5. The van der Waals surface area contributed by atoms with Crippen molar-refractivity contribution in [2.75, 3.05) is 6.67 Å². The van der Waals surface area contributed by atoms with E-state index in [1.165, 1.54) is 20.8 Å². The van der Waals surface area contributed by atoms with Gasteiger partial charge in [0.15, 0.2) is 17.2 Å². The highest BCUT2D eigenvalue weighted by molar-refractivity contribution is 7.90. The van der Waals surface area contributed by atoms with Crippen molar-refractivity contribution in [3.63, 3.8) is 0 Å². The SMILES string of the molecule is CC(C)(C)[S+]([O-])N[C@](CF)(c1cccc(F)c1F)C(F)(F)C(=O)O. The molecule has 0 bridgehead atoms. The van der Waals surface area contributed by atoms with Crippen LogP contribution in [0.3, 0.4) is 0 Å².